The smallest absolute Gasteiger partial charge is 0.308 e. The molecule has 110 valence electrons. The first-order chi connectivity index (χ1) is 9.68. The van der Waals surface area contributed by atoms with Crippen LogP contribution in [0.5, 0.6) is 0 Å². The van der Waals surface area contributed by atoms with Crippen LogP contribution in [0.1, 0.15) is 18.4 Å². The van der Waals surface area contributed by atoms with Gasteiger partial charge in [-0.2, -0.15) is 0 Å². The molecule has 1 atom stereocenters. The molecule has 0 radical (unpaired) electrons. The monoisotopic (exact) mass is 341 g/mol. The second-order valence-electron chi connectivity index (χ2n) is 5.12. The van der Waals surface area contributed by atoms with E-state index >= 15 is 0 Å². The predicted molar refractivity (Wildman–Crippen MR) is 80.5 cm³/mol. The van der Waals surface area contributed by atoms with Crippen molar-refractivity contribution < 1.29 is 14.6 Å². The van der Waals surface area contributed by atoms with Crippen molar-refractivity contribution in [2.75, 3.05) is 19.8 Å². The van der Waals surface area contributed by atoms with Gasteiger partial charge in [0, 0.05) is 30.8 Å². The molecule has 0 amide bonds. The first-order valence-electron chi connectivity index (χ1n) is 6.93. The van der Waals surface area contributed by atoms with Gasteiger partial charge in [0.25, 0.3) is 0 Å². The Morgan fingerprint density at radius 1 is 1.40 bits per heavy atom. The Morgan fingerprint density at radius 3 is 2.75 bits per heavy atom. The number of benzene rings is 1. The highest BCUT2D eigenvalue weighted by Gasteiger charge is 2.29. The van der Waals surface area contributed by atoms with E-state index in [0.717, 1.165) is 22.9 Å². The van der Waals surface area contributed by atoms with Crippen LogP contribution in [0.2, 0.25) is 0 Å². The Balaban J connectivity index is 1.86. The molecule has 1 aromatic carbocycles. The van der Waals surface area contributed by atoms with Crippen molar-refractivity contribution in [3.05, 3.63) is 34.3 Å². The topological polar surface area (TPSA) is 58.6 Å². The molecule has 20 heavy (non-hydrogen) atoms. The van der Waals surface area contributed by atoms with Crippen LogP contribution in [0.15, 0.2) is 28.7 Å². The number of aliphatic carboxylic acids is 1. The number of carboxylic acids is 1. The molecule has 0 bridgehead atoms. The number of carbonyl (C=O) groups is 1. The lowest BCUT2D eigenvalue weighted by atomic mass is 9.86. The standard InChI is InChI=1S/C15H20BrNO3/c16-14-4-2-1-3-12(14)9-17-10-13(15(18)19)11-5-7-20-8-6-11/h1-4,11,13,17H,5-10H2,(H,18,19). The van der Waals surface area contributed by atoms with Crippen LogP contribution in [0.25, 0.3) is 0 Å². The average Bonchev–Trinajstić information content (AvgIpc) is 2.46. The van der Waals surface area contributed by atoms with Gasteiger partial charge in [0.1, 0.15) is 0 Å². The third-order valence-electron chi connectivity index (χ3n) is 3.79. The Labute approximate surface area is 127 Å². The minimum atomic E-state index is -0.712. The number of rotatable bonds is 6. The van der Waals surface area contributed by atoms with Gasteiger partial charge in [-0.15, -0.1) is 0 Å². The third-order valence-corrected chi connectivity index (χ3v) is 4.56. The first kappa shape index (κ1) is 15.5. The summed E-state index contributed by atoms with van der Waals surface area (Å²) in [4.78, 5) is 11.4. The van der Waals surface area contributed by atoms with Crippen LogP contribution in [0.3, 0.4) is 0 Å². The number of carboxylic acid groups (broad SMARTS) is 1. The molecule has 1 aliphatic rings. The van der Waals surface area contributed by atoms with E-state index in [1.807, 2.05) is 24.3 Å². The second kappa shape index (κ2) is 7.76. The van der Waals surface area contributed by atoms with E-state index in [4.69, 9.17) is 4.74 Å². The van der Waals surface area contributed by atoms with Crippen molar-refractivity contribution in [2.45, 2.75) is 19.4 Å². The van der Waals surface area contributed by atoms with Gasteiger partial charge >= 0.3 is 5.97 Å². The van der Waals surface area contributed by atoms with Crippen molar-refractivity contribution in [1.29, 1.82) is 0 Å². The summed E-state index contributed by atoms with van der Waals surface area (Å²) in [6.07, 6.45) is 1.68. The molecule has 2 N–H and O–H groups in total. The molecule has 0 saturated carbocycles. The van der Waals surface area contributed by atoms with Gasteiger partial charge in [0.2, 0.25) is 0 Å². The summed E-state index contributed by atoms with van der Waals surface area (Å²) in [5.74, 6) is -0.828. The number of nitrogens with one attached hydrogen (secondary N) is 1. The van der Waals surface area contributed by atoms with E-state index < -0.39 is 5.97 Å². The molecular weight excluding hydrogens is 322 g/mol. The van der Waals surface area contributed by atoms with E-state index in [0.29, 0.717) is 26.3 Å². The molecule has 0 spiro atoms. The van der Waals surface area contributed by atoms with Crippen molar-refractivity contribution >= 4 is 21.9 Å². The first-order valence-corrected chi connectivity index (χ1v) is 7.72. The molecule has 1 fully saturated rings. The molecule has 1 aliphatic heterocycles. The predicted octanol–water partition coefficient (Wildman–Crippen LogP) is 2.67. The maximum atomic E-state index is 11.4. The van der Waals surface area contributed by atoms with Crippen LogP contribution in [0, 0.1) is 11.8 Å². The normalized spacial score (nSPS) is 17.9. The van der Waals surface area contributed by atoms with E-state index in [-0.39, 0.29) is 11.8 Å². The van der Waals surface area contributed by atoms with E-state index in [1.54, 1.807) is 0 Å². The summed E-state index contributed by atoms with van der Waals surface area (Å²) in [6.45, 7) is 2.53. The van der Waals surface area contributed by atoms with Crippen molar-refractivity contribution in [3.8, 4) is 0 Å². The Morgan fingerprint density at radius 2 is 2.10 bits per heavy atom. The summed E-state index contributed by atoms with van der Waals surface area (Å²) >= 11 is 3.50. The number of ether oxygens (including phenoxy) is 1. The van der Waals surface area contributed by atoms with Gasteiger partial charge in [0.15, 0.2) is 0 Å². The lowest BCUT2D eigenvalue weighted by molar-refractivity contribution is -0.144. The van der Waals surface area contributed by atoms with Crippen molar-refractivity contribution in [2.24, 2.45) is 11.8 Å². The molecule has 2 rings (SSSR count). The molecule has 1 unspecified atom stereocenters. The highest BCUT2D eigenvalue weighted by molar-refractivity contribution is 9.10. The minimum Gasteiger partial charge on any atom is -0.481 e. The highest BCUT2D eigenvalue weighted by Crippen LogP contribution is 2.24. The highest BCUT2D eigenvalue weighted by atomic mass is 79.9. The molecule has 4 nitrogen and oxygen atoms in total. The lowest BCUT2D eigenvalue weighted by Gasteiger charge is -2.27. The van der Waals surface area contributed by atoms with Gasteiger partial charge in [-0.25, -0.2) is 0 Å². The van der Waals surface area contributed by atoms with Crippen LogP contribution < -0.4 is 5.32 Å². The minimum absolute atomic E-state index is 0.216. The summed E-state index contributed by atoms with van der Waals surface area (Å²) in [6, 6.07) is 7.97. The summed E-state index contributed by atoms with van der Waals surface area (Å²) in [5, 5.41) is 12.7. The van der Waals surface area contributed by atoms with E-state index in [9.17, 15) is 9.90 Å². The maximum Gasteiger partial charge on any atom is 0.308 e. The van der Waals surface area contributed by atoms with Gasteiger partial charge in [-0.1, -0.05) is 34.1 Å². The maximum absolute atomic E-state index is 11.4. The van der Waals surface area contributed by atoms with Crippen LogP contribution in [-0.4, -0.2) is 30.8 Å². The zero-order valence-electron chi connectivity index (χ0n) is 11.3. The Kier molecular flexibility index (Phi) is 6.01. The zero-order valence-corrected chi connectivity index (χ0v) is 12.9. The summed E-state index contributed by atoms with van der Waals surface area (Å²) < 4.78 is 6.35. The van der Waals surface area contributed by atoms with E-state index in [2.05, 4.69) is 21.2 Å². The van der Waals surface area contributed by atoms with Crippen LogP contribution in [-0.2, 0) is 16.1 Å². The molecular formula is C15H20BrNO3. The second-order valence-corrected chi connectivity index (χ2v) is 5.97. The number of halogens is 1. The summed E-state index contributed by atoms with van der Waals surface area (Å²) in [5.41, 5.74) is 1.14. The zero-order chi connectivity index (χ0) is 14.4. The average molecular weight is 342 g/mol. The lowest BCUT2D eigenvalue weighted by Crippen LogP contribution is -2.36. The molecule has 5 heteroatoms. The molecule has 1 saturated heterocycles. The fourth-order valence-electron chi connectivity index (χ4n) is 2.58. The van der Waals surface area contributed by atoms with Gasteiger partial charge < -0.3 is 15.2 Å². The Hall–Kier alpha value is -0.910. The molecule has 1 heterocycles. The van der Waals surface area contributed by atoms with Crippen molar-refractivity contribution in [1.82, 2.24) is 5.32 Å². The largest absolute Gasteiger partial charge is 0.481 e. The molecule has 1 aromatic rings. The van der Waals surface area contributed by atoms with Crippen LogP contribution in [0.4, 0.5) is 0 Å². The number of hydrogen-bond donors (Lipinski definition) is 2. The summed E-state index contributed by atoms with van der Waals surface area (Å²) in [7, 11) is 0. The molecule has 0 aliphatic carbocycles. The van der Waals surface area contributed by atoms with Crippen LogP contribution >= 0.6 is 15.9 Å². The quantitative estimate of drug-likeness (QED) is 0.835. The van der Waals surface area contributed by atoms with Gasteiger partial charge in [0.05, 0.1) is 5.92 Å². The molecule has 0 aromatic heterocycles. The van der Waals surface area contributed by atoms with Crippen molar-refractivity contribution in [3.63, 3.8) is 0 Å². The van der Waals surface area contributed by atoms with Gasteiger partial charge in [-0.05, 0) is 30.4 Å². The number of hydrogen-bond acceptors (Lipinski definition) is 3. The van der Waals surface area contributed by atoms with E-state index in [1.165, 1.54) is 0 Å². The Bertz CT molecular complexity index is 446. The fourth-order valence-corrected chi connectivity index (χ4v) is 3.00. The third kappa shape index (κ3) is 4.30. The van der Waals surface area contributed by atoms with Gasteiger partial charge in [-0.3, -0.25) is 4.79 Å². The fraction of sp³-hybridized carbons (Fsp3) is 0.533. The SMILES string of the molecule is O=C(O)C(CNCc1ccccc1Br)C1CCOCC1.